The van der Waals surface area contributed by atoms with Gasteiger partial charge < -0.3 is 9.64 Å². The number of benzene rings is 1. The van der Waals surface area contributed by atoms with Crippen molar-refractivity contribution in [3.05, 3.63) is 66.1 Å². The van der Waals surface area contributed by atoms with Gasteiger partial charge in [-0.1, -0.05) is 18.2 Å². The number of carbonyl (C=O) groups excluding carboxylic acids is 1. The first-order valence-electron chi connectivity index (χ1n) is 9.55. The molecule has 0 saturated carbocycles. The van der Waals surface area contributed by atoms with Crippen LogP contribution in [0.2, 0.25) is 0 Å². The Labute approximate surface area is 174 Å². The lowest BCUT2D eigenvalue weighted by Crippen LogP contribution is -2.49. The lowest BCUT2D eigenvalue weighted by Gasteiger charge is -2.37. The summed E-state index contributed by atoms with van der Waals surface area (Å²) in [6.07, 6.45) is 5.00. The number of pyridine rings is 1. The fourth-order valence-electron chi connectivity index (χ4n) is 3.24. The molecule has 1 aliphatic rings. The van der Waals surface area contributed by atoms with Crippen LogP contribution in [0.3, 0.4) is 0 Å². The molecule has 0 spiro atoms. The number of aryl methyl sites for hydroxylation is 1. The Kier molecular flexibility index (Phi) is 5.80. The molecule has 4 rings (SSSR count). The summed E-state index contributed by atoms with van der Waals surface area (Å²) in [4.78, 5) is 21.1. The van der Waals surface area contributed by atoms with Crippen LogP contribution in [-0.2, 0) is 0 Å². The van der Waals surface area contributed by atoms with Crippen LogP contribution in [0.1, 0.15) is 22.8 Å². The summed E-state index contributed by atoms with van der Waals surface area (Å²) in [7, 11) is 0. The molecular weight excluding hydrogens is 386 g/mol. The molecule has 150 valence electrons. The molecule has 1 saturated heterocycles. The first-order chi connectivity index (χ1) is 14.1. The zero-order valence-corrected chi connectivity index (χ0v) is 17.2. The third kappa shape index (κ3) is 4.42. The van der Waals surface area contributed by atoms with E-state index in [0.29, 0.717) is 30.3 Å². The topological polar surface area (TPSA) is 73.1 Å². The summed E-state index contributed by atoms with van der Waals surface area (Å²) in [5.41, 5.74) is 2.38. The number of amides is 1. The van der Waals surface area contributed by atoms with Crippen LogP contribution in [0.15, 0.2) is 55.0 Å². The Hall–Kier alpha value is -2.87. The van der Waals surface area contributed by atoms with Gasteiger partial charge in [0.1, 0.15) is 6.61 Å². The maximum absolute atomic E-state index is 13.4. The highest BCUT2D eigenvalue weighted by Gasteiger charge is 2.31. The summed E-state index contributed by atoms with van der Waals surface area (Å²) in [5.74, 6) is 1.47. The van der Waals surface area contributed by atoms with Crippen molar-refractivity contribution in [2.45, 2.75) is 25.1 Å². The van der Waals surface area contributed by atoms with Crippen molar-refractivity contribution in [3.63, 3.8) is 0 Å². The van der Waals surface area contributed by atoms with Gasteiger partial charge >= 0.3 is 0 Å². The molecule has 3 aromatic rings. The van der Waals surface area contributed by atoms with Crippen LogP contribution in [0.25, 0.3) is 5.69 Å². The third-order valence-electron chi connectivity index (χ3n) is 4.84. The van der Waals surface area contributed by atoms with Gasteiger partial charge in [0.25, 0.3) is 5.91 Å². The molecule has 0 N–H and O–H groups in total. The molecule has 1 aliphatic heterocycles. The standard InChI is InChI=1S/C21H23N5O2S/c1-15-7-8-20(22-11-15)28-13-17-12-25(16(2)14-29-17)21(27)18-5-3-4-6-19(18)26-23-9-10-24-26/h3-11,16-17H,12-14H2,1-2H3/t16-,17-/m1/s1. The molecule has 8 heteroatoms. The summed E-state index contributed by atoms with van der Waals surface area (Å²) in [5, 5.41) is 8.55. The maximum atomic E-state index is 13.4. The predicted octanol–water partition coefficient (Wildman–Crippen LogP) is 3.00. The Morgan fingerprint density at radius 1 is 1.21 bits per heavy atom. The van der Waals surface area contributed by atoms with E-state index in [1.165, 1.54) is 4.80 Å². The van der Waals surface area contributed by atoms with Gasteiger partial charge in [-0.15, -0.1) is 0 Å². The van der Waals surface area contributed by atoms with Crippen LogP contribution in [-0.4, -0.2) is 61.0 Å². The Bertz CT molecular complexity index is 961. The number of hydrogen-bond donors (Lipinski definition) is 0. The van der Waals surface area contributed by atoms with Crippen LogP contribution in [0.4, 0.5) is 0 Å². The summed E-state index contributed by atoms with van der Waals surface area (Å²) in [6.45, 7) is 5.21. The van der Waals surface area contributed by atoms with Crippen molar-refractivity contribution in [2.24, 2.45) is 0 Å². The minimum atomic E-state index is -0.0100. The number of hydrogen-bond acceptors (Lipinski definition) is 6. The van der Waals surface area contributed by atoms with Crippen molar-refractivity contribution in [1.29, 1.82) is 0 Å². The fourth-order valence-corrected chi connectivity index (χ4v) is 4.40. The van der Waals surface area contributed by atoms with Gasteiger partial charge in [-0.05, 0) is 31.5 Å². The number of rotatable bonds is 5. The average molecular weight is 410 g/mol. The van der Waals surface area contributed by atoms with E-state index in [1.807, 2.05) is 60.0 Å². The van der Waals surface area contributed by atoms with Gasteiger partial charge in [0.2, 0.25) is 5.88 Å². The fraction of sp³-hybridized carbons (Fsp3) is 0.333. The van der Waals surface area contributed by atoms with Crippen LogP contribution >= 0.6 is 11.8 Å². The van der Waals surface area contributed by atoms with Crippen LogP contribution in [0.5, 0.6) is 5.88 Å². The molecule has 0 bridgehead atoms. The third-order valence-corrected chi connectivity index (χ3v) is 6.27. The molecule has 1 fully saturated rings. The first-order valence-corrected chi connectivity index (χ1v) is 10.6. The van der Waals surface area contributed by atoms with Gasteiger partial charge in [-0.2, -0.15) is 26.8 Å². The van der Waals surface area contributed by atoms with Crippen molar-refractivity contribution < 1.29 is 9.53 Å². The molecule has 0 aliphatic carbocycles. The smallest absolute Gasteiger partial charge is 0.256 e. The summed E-state index contributed by atoms with van der Waals surface area (Å²) >= 11 is 1.84. The molecule has 0 unspecified atom stereocenters. The first kappa shape index (κ1) is 19.4. The Morgan fingerprint density at radius 3 is 2.76 bits per heavy atom. The summed E-state index contributed by atoms with van der Waals surface area (Å²) < 4.78 is 5.86. The highest BCUT2D eigenvalue weighted by atomic mass is 32.2. The molecule has 29 heavy (non-hydrogen) atoms. The van der Waals surface area contributed by atoms with E-state index in [0.717, 1.165) is 11.3 Å². The van der Waals surface area contributed by atoms with Crippen molar-refractivity contribution >= 4 is 17.7 Å². The normalized spacial score (nSPS) is 19.2. The van der Waals surface area contributed by atoms with Gasteiger partial charge in [0.05, 0.1) is 28.9 Å². The molecule has 2 atom stereocenters. The second-order valence-electron chi connectivity index (χ2n) is 7.08. The molecule has 1 aromatic carbocycles. The van der Waals surface area contributed by atoms with Crippen LogP contribution < -0.4 is 4.74 Å². The van der Waals surface area contributed by atoms with Crippen molar-refractivity contribution in [2.75, 3.05) is 18.9 Å². The number of nitrogens with zero attached hydrogens (tertiary/aromatic N) is 5. The lowest BCUT2D eigenvalue weighted by atomic mass is 10.1. The number of para-hydroxylation sites is 1. The van der Waals surface area contributed by atoms with Gasteiger partial charge in [0, 0.05) is 30.6 Å². The quantitative estimate of drug-likeness (QED) is 0.645. The number of thioether (sulfide) groups is 1. The molecule has 1 amide bonds. The van der Waals surface area contributed by atoms with Gasteiger partial charge in [-0.25, -0.2) is 4.98 Å². The SMILES string of the molecule is Cc1ccc(OC[C@H]2CN(C(=O)c3ccccc3-n3nccn3)[C@H](C)CS2)nc1. The van der Waals surface area contributed by atoms with E-state index >= 15 is 0 Å². The Morgan fingerprint density at radius 2 is 2.00 bits per heavy atom. The highest BCUT2D eigenvalue weighted by molar-refractivity contribution is 8.00. The number of aromatic nitrogens is 4. The number of carbonyl (C=O) groups is 1. The minimum Gasteiger partial charge on any atom is -0.476 e. The lowest BCUT2D eigenvalue weighted by molar-refractivity contribution is 0.0692. The predicted molar refractivity (Wildman–Crippen MR) is 113 cm³/mol. The van der Waals surface area contributed by atoms with E-state index < -0.39 is 0 Å². The van der Waals surface area contributed by atoms with E-state index in [1.54, 1.807) is 18.6 Å². The molecule has 0 radical (unpaired) electrons. The van der Waals surface area contributed by atoms with E-state index in [-0.39, 0.29) is 17.2 Å². The molecular formula is C21H23N5O2S. The van der Waals surface area contributed by atoms with Crippen molar-refractivity contribution in [3.8, 4) is 11.6 Å². The van der Waals surface area contributed by atoms with E-state index in [4.69, 9.17) is 4.74 Å². The van der Waals surface area contributed by atoms with E-state index in [9.17, 15) is 4.79 Å². The van der Waals surface area contributed by atoms with Crippen molar-refractivity contribution in [1.82, 2.24) is 24.9 Å². The van der Waals surface area contributed by atoms with Gasteiger partial charge in [-0.3, -0.25) is 4.79 Å². The second kappa shape index (κ2) is 8.65. The maximum Gasteiger partial charge on any atom is 0.256 e. The van der Waals surface area contributed by atoms with E-state index in [2.05, 4.69) is 22.1 Å². The number of ether oxygens (including phenoxy) is 1. The summed E-state index contributed by atoms with van der Waals surface area (Å²) in [6, 6.07) is 11.4. The molecule has 2 aromatic heterocycles. The Balaban J connectivity index is 1.47. The second-order valence-corrected chi connectivity index (χ2v) is 8.42. The largest absolute Gasteiger partial charge is 0.476 e. The van der Waals surface area contributed by atoms with Crippen LogP contribution in [0, 0.1) is 6.92 Å². The zero-order valence-electron chi connectivity index (χ0n) is 16.4. The van der Waals surface area contributed by atoms with Gasteiger partial charge in [0.15, 0.2) is 0 Å². The highest BCUT2D eigenvalue weighted by Crippen LogP contribution is 2.26. The zero-order chi connectivity index (χ0) is 20.2. The molecule has 7 nitrogen and oxygen atoms in total. The molecule has 3 heterocycles. The monoisotopic (exact) mass is 409 g/mol. The minimum absolute atomic E-state index is 0.0100. The average Bonchev–Trinajstić information content (AvgIpc) is 3.28.